The molecule has 0 aromatic rings. The van der Waals surface area contributed by atoms with E-state index in [9.17, 15) is 19.2 Å². The van der Waals surface area contributed by atoms with Gasteiger partial charge in [-0.1, -0.05) is 12.8 Å². The van der Waals surface area contributed by atoms with Crippen LogP contribution < -0.4 is 16.4 Å². The van der Waals surface area contributed by atoms with Gasteiger partial charge >= 0.3 is 5.97 Å². The first kappa shape index (κ1) is 35.4. The van der Waals surface area contributed by atoms with Crippen LogP contribution in [0.25, 0.3) is 0 Å². The number of rotatable bonds is 24. The van der Waals surface area contributed by atoms with Crippen LogP contribution in [0.3, 0.4) is 0 Å². The van der Waals surface area contributed by atoms with Crippen molar-refractivity contribution in [3.63, 3.8) is 0 Å². The van der Waals surface area contributed by atoms with Gasteiger partial charge in [-0.2, -0.15) is 13.5 Å². The third kappa shape index (κ3) is 26.7. The Morgan fingerprint density at radius 1 is 0.743 bits per heavy atom. The Bertz CT molecular complexity index is 581. The number of unbranched alkanes of at least 4 members (excludes halogenated alkanes) is 2. The summed E-state index contributed by atoms with van der Waals surface area (Å²) in [7, 11) is 0. The molecule has 0 saturated carbocycles. The summed E-state index contributed by atoms with van der Waals surface area (Å²) in [5.41, 5.74) is 5.42. The fourth-order valence-electron chi connectivity index (χ4n) is 2.84. The number of Topliss-reactive ketones (excluding diaryl/α,β-unsaturated/α-hetero) is 1. The molecule has 0 saturated heterocycles. The van der Waals surface area contributed by atoms with Crippen molar-refractivity contribution in [1.29, 1.82) is 0 Å². The first-order chi connectivity index (χ1) is 16.3. The second-order valence-electron chi connectivity index (χ2n) is 7.96. The molecule has 11 nitrogen and oxygen atoms in total. The number of nitrogens with two attached hydrogens (primary N) is 1. The molecule has 0 rings (SSSR count). The van der Waals surface area contributed by atoms with Crippen LogP contribution in [0.5, 0.6) is 0 Å². The van der Waals surface area contributed by atoms with Gasteiger partial charge in [-0.25, -0.2) is 0 Å². The summed E-state index contributed by atoms with van der Waals surface area (Å²) in [6.07, 6.45) is 4.74. The number of ether oxygens (including phenoxy) is 3. The minimum absolute atomic E-state index is 0. The molecule has 0 bridgehead atoms. The molecule has 0 aromatic carbocycles. The molecule has 206 valence electrons. The van der Waals surface area contributed by atoms with Gasteiger partial charge in [0.15, 0.2) is 0 Å². The maximum absolute atomic E-state index is 11.8. The lowest BCUT2D eigenvalue weighted by atomic mass is 10.0. The molecule has 0 aromatic heterocycles. The van der Waals surface area contributed by atoms with Crippen LogP contribution in [0.1, 0.15) is 64.7 Å². The fourth-order valence-corrected chi connectivity index (χ4v) is 2.84. The van der Waals surface area contributed by atoms with Crippen molar-refractivity contribution in [3.8, 4) is 0 Å². The van der Waals surface area contributed by atoms with E-state index in [-0.39, 0.29) is 43.9 Å². The first-order valence-electron chi connectivity index (χ1n) is 12.1. The Kier molecular flexibility index (Phi) is 25.7. The summed E-state index contributed by atoms with van der Waals surface area (Å²) >= 11 is 0. The van der Waals surface area contributed by atoms with Gasteiger partial charge in [0.25, 0.3) is 0 Å². The number of ketones is 1. The summed E-state index contributed by atoms with van der Waals surface area (Å²) in [5.74, 6) is -1.16. The van der Waals surface area contributed by atoms with Crippen LogP contribution >= 0.6 is 13.5 Å². The van der Waals surface area contributed by atoms with Crippen molar-refractivity contribution in [1.82, 2.24) is 10.6 Å². The van der Waals surface area contributed by atoms with Crippen LogP contribution in [0.4, 0.5) is 0 Å². The number of carboxylic acids is 1. The number of hydrogen-bond donors (Lipinski definition) is 4. The van der Waals surface area contributed by atoms with Crippen molar-refractivity contribution < 1.29 is 38.5 Å². The molecule has 0 unspecified atom stereocenters. The zero-order chi connectivity index (χ0) is 25.4. The molecule has 2 amide bonds. The van der Waals surface area contributed by atoms with Crippen LogP contribution in [0.15, 0.2) is 0 Å². The van der Waals surface area contributed by atoms with Crippen LogP contribution in [-0.2, 0) is 33.4 Å². The van der Waals surface area contributed by atoms with E-state index in [4.69, 9.17) is 25.1 Å². The highest BCUT2D eigenvalue weighted by molar-refractivity contribution is 7.59. The maximum Gasteiger partial charge on any atom is 0.320 e. The molecular formula is C23H45N3O8S. The average Bonchev–Trinajstić information content (AvgIpc) is 2.79. The predicted molar refractivity (Wildman–Crippen MR) is 137 cm³/mol. The largest absolute Gasteiger partial charge is 0.480 e. The average molecular weight is 524 g/mol. The second-order valence-corrected chi connectivity index (χ2v) is 7.96. The Morgan fingerprint density at radius 3 is 1.83 bits per heavy atom. The molecule has 5 N–H and O–H groups in total. The molecule has 0 spiro atoms. The first-order valence-corrected chi connectivity index (χ1v) is 12.1. The molecule has 0 fully saturated rings. The number of carboxylic acid groups (broad SMARTS) is 1. The van der Waals surface area contributed by atoms with Gasteiger partial charge < -0.3 is 35.7 Å². The highest BCUT2D eigenvalue weighted by Crippen LogP contribution is 2.07. The topological polar surface area (TPSA) is 166 Å². The third-order valence-corrected chi connectivity index (χ3v) is 4.79. The van der Waals surface area contributed by atoms with Gasteiger partial charge in [-0.3, -0.25) is 19.2 Å². The lowest BCUT2D eigenvalue weighted by molar-refractivity contribution is -0.138. The molecular weight excluding hydrogens is 478 g/mol. The number of aliphatic carboxylic acids is 1. The molecule has 12 heteroatoms. The van der Waals surface area contributed by atoms with Gasteiger partial charge in [0.2, 0.25) is 11.8 Å². The Balaban J connectivity index is 0. The zero-order valence-corrected chi connectivity index (χ0v) is 22.0. The minimum atomic E-state index is -1.01. The zero-order valence-electron chi connectivity index (χ0n) is 21.0. The highest BCUT2D eigenvalue weighted by atomic mass is 32.1. The van der Waals surface area contributed by atoms with Crippen molar-refractivity contribution in [3.05, 3.63) is 0 Å². The molecule has 0 aliphatic rings. The Labute approximate surface area is 215 Å². The van der Waals surface area contributed by atoms with Crippen LogP contribution in [0.2, 0.25) is 0 Å². The molecule has 0 heterocycles. The lowest BCUT2D eigenvalue weighted by Gasteiger charge is -2.08. The van der Waals surface area contributed by atoms with Gasteiger partial charge in [-0.05, 0) is 25.7 Å². The maximum atomic E-state index is 11.8. The number of carbonyl (C=O) groups is 4. The highest BCUT2D eigenvalue weighted by Gasteiger charge is 2.11. The van der Waals surface area contributed by atoms with E-state index in [1.807, 2.05) is 0 Å². The van der Waals surface area contributed by atoms with Crippen molar-refractivity contribution >= 4 is 37.1 Å². The summed E-state index contributed by atoms with van der Waals surface area (Å²) in [4.78, 5) is 44.9. The van der Waals surface area contributed by atoms with E-state index in [1.54, 1.807) is 0 Å². The molecule has 0 aliphatic heterocycles. The SMILES string of the molecule is CC(=O)NCCCOCCOCCOCCCNC(=O)CCC(=O)CCCCC[C@H](N)C(=O)O.S. The second kappa shape index (κ2) is 25.4. The number of carbonyl (C=O) groups excluding carboxylic acids is 3. The van der Waals surface area contributed by atoms with Crippen molar-refractivity contribution in [2.75, 3.05) is 52.7 Å². The van der Waals surface area contributed by atoms with E-state index in [0.29, 0.717) is 84.8 Å². The van der Waals surface area contributed by atoms with E-state index >= 15 is 0 Å². The van der Waals surface area contributed by atoms with Crippen LogP contribution in [0, 0.1) is 0 Å². The molecule has 1 atom stereocenters. The van der Waals surface area contributed by atoms with Gasteiger partial charge in [0.1, 0.15) is 11.8 Å². The molecule has 0 aliphatic carbocycles. The van der Waals surface area contributed by atoms with Crippen molar-refractivity contribution in [2.24, 2.45) is 5.73 Å². The van der Waals surface area contributed by atoms with Gasteiger partial charge in [-0.15, -0.1) is 0 Å². The standard InChI is InChI=1S/C23H43N3O8.H2S/c1-19(27)25-11-5-13-32-15-17-34-18-16-33-14-6-12-26-22(29)10-9-20(28)7-3-2-4-8-21(24)23(30)31;/h21H,2-18,24H2,1H3,(H,25,27)(H,26,29)(H,30,31);1H2/t21-;/m0./s1. The molecule has 0 radical (unpaired) electrons. The monoisotopic (exact) mass is 523 g/mol. The number of nitrogens with one attached hydrogen (secondary N) is 2. The normalized spacial score (nSPS) is 11.4. The lowest BCUT2D eigenvalue weighted by Crippen LogP contribution is -2.29. The third-order valence-electron chi connectivity index (χ3n) is 4.79. The minimum Gasteiger partial charge on any atom is -0.480 e. The van der Waals surface area contributed by atoms with Crippen molar-refractivity contribution in [2.45, 2.75) is 70.8 Å². The summed E-state index contributed by atoms with van der Waals surface area (Å²) in [6, 6.07) is -0.845. The summed E-state index contributed by atoms with van der Waals surface area (Å²) < 4.78 is 16.2. The number of amides is 2. The molecule has 35 heavy (non-hydrogen) atoms. The quantitative estimate of drug-likeness (QED) is 0.134. The smallest absolute Gasteiger partial charge is 0.320 e. The predicted octanol–water partition coefficient (Wildman–Crippen LogP) is 0.893. The van der Waals surface area contributed by atoms with E-state index in [1.165, 1.54) is 6.92 Å². The summed E-state index contributed by atoms with van der Waals surface area (Å²) in [6.45, 7) is 5.58. The fraction of sp³-hybridized carbons (Fsp3) is 0.826. The summed E-state index contributed by atoms with van der Waals surface area (Å²) in [5, 5.41) is 14.2. The van der Waals surface area contributed by atoms with Crippen LogP contribution in [-0.4, -0.2) is 87.4 Å². The van der Waals surface area contributed by atoms with E-state index in [2.05, 4.69) is 10.6 Å². The van der Waals surface area contributed by atoms with Gasteiger partial charge in [0, 0.05) is 52.5 Å². The van der Waals surface area contributed by atoms with E-state index < -0.39 is 12.0 Å². The Morgan fingerprint density at radius 2 is 1.29 bits per heavy atom. The number of hydrogen-bond acceptors (Lipinski definition) is 8. The van der Waals surface area contributed by atoms with E-state index in [0.717, 1.165) is 12.8 Å². The van der Waals surface area contributed by atoms with Gasteiger partial charge in [0.05, 0.1) is 26.4 Å². The Hall–Kier alpha value is -1.73.